The number of hydrogen-bond donors (Lipinski definition) is 0. The number of aromatic nitrogens is 2. The number of carbonyl (C=O) groups excluding carboxylic acids is 1. The third kappa shape index (κ3) is 3.44. The summed E-state index contributed by atoms with van der Waals surface area (Å²) in [5.74, 6) is 0.993. The molecule has 0 aliphatic heterocycles. The molecule has 0 radical (unpaired) electrons. The Morgan fingerprint density at radius 2 is 1.88 bits per heavy atom. The van der Waals surface area contributed by atoms with Crippen LogP contribution in [-0.4, -0.2) is 27.4 Å². The standard InChI is InChI=1S/C19H20ClN3O/c1-3-18-21-16-6-4-5-7-17(16)23(18)13-19(24)22(2)12-14-8-10-15(20)11-9-14/h4-11H,3,12-13H2,1-2H3. The number of nitrogens with zero attached hydrogens (tertiary/aromatic N) is 3. The van der Waals surface area contributed by atoms with Gasteiger partial charge in [0.1, 0.15) is 12.4 Å². The molecule has 0 aliphatic rings. The van der Waals surface area contributed by atoms with Gasteiger partial charge in [-0.3, -0.25) is 4.79 Å². The van der Waals surface area contributed by atoms with E-state index in [-0.39, 0.29) is 5.91 Å². The molecule has 3 aromatic rings. The van der Waals surface area contributed by atoms with Gasteiger partial charge in [-0.15, -0.1) is 0 Å². The first-order chi connectivity index (χ1) is 11.6. The summed E-state index contributed by atoms with van der Waals surface area (Å²) in [6.45, 7) is 2.91. The molecule has 3 rings (SSSR count). The zero-order valence-corrected chi connectivity index (χ0v) is 14.6. The van der Waals surface area contributed by atoms with E-state index in [1.54, 1.807) is 4.90 Å². The molecule has 0 bridgehead atoms. The van der Waals surface area contributed by atoms with Crippen molar-refractivity contribution in [3.05, 3.63) is 64.9 Å². The lowest BCUT2D eigenvalue weighted by molar-refractivity contribution is -0.131. The van der Waals surface area contributed by atoms with E-state index >= 15 is 0 Å². The molecule has 0 atom stereocenters. The van der Waals surface area contributed by atoms with Crippen molar-refractivity contribution >= 4 is 28.5 Å². The lowest BCUT2D eigenvalue weighted by Crippen LogP contribution is -2.30. The summed E-state index contributed by atoms with van der Waals surface area (Å²) in [5, 5.41) is 0.699. The van der Waals surface area contributed by atoms with Crippen LogP contribution in [-0.2, 0) is 24.3 Å². The van der Waals surface area contributed by atoms with Crippen molar-refractivity contribution in [1.82, 2.24) is 14.5 Å². The molecule has 124 valence electrons. The largest absolute Gasteiger partial charge is 0.340 e. The summed E-state index contributed by atoms with van der Waals surface area (Å²) in [6.07, 6.45) is 0.795. The monoisotopic (exact) mass is 341 g/mol. The van der Waals surface area contributed by atoms with E-state index in [4.69, 9.17) is 11.6 Å². The number of carbonyl (C=O) groups is 1. The Kier molecular flexibility index (Phi) is 4.86. The molecule has 0 fully saturated rings. The van der Waals surface area contributed by atoms with Gasteiger partial charge < -0.3 is 9.47 Å². The SMILES string of the molecule is CCc1nc2ccccc2n1CC(=O)N(C)Cc1ccc(Cl)cc1. The number of rotatable bonds is 5. The number of para-hydroxylation sites is 2. The third-order valence-electron chi connectivity index (χ3n) is 4.10. The Bertz CT molecular complexity index is 855. The molecule has 5 heteroatoms. The second-order valence-electron chi connectivity index (χ2n) is 5.83. The molecule has 0 saturated carbocycles. The second-order valence-corrected chi connectivity index (χ2v) is 6.27. The highest BCUT2D eigenvalue weighted by molar-refractivity contribution is 6.30. The summed E-state index contributed by atoms with van der Waals surface area (Å²) >= 11 is 5.90. The molecule has 4 nitrogen and oxygen atoms in total. The van der Waals surface area contributed by atoms with Crippen LogP contribution in [0.4, 0.5) is 0 Å². The van der Waals surface area contributed by atoms with E-state index in [9.17, 15) is 4.79 Å². The number of imidazole rings is 1. The maximum absolute atomic E-state index is 12.6. The molecular formula is C19H20ClN3O. The predicted molar refractivity (Wildman–Crippen MR) is 97.0 cm³/mol. The number of aryl methyl sites for hydroxylation is 1. The molecule has 1 aromatic heterocycles. The lowest BCUT2D eigenvalue weighted by Gasteiger charge is -2.18. The van der Waals surface area contributed by atoms with Crippen LogP contribution in [0.5, 0.6) is 0 Å². The topological polar surface area (TPSA) is 38.1 Å². The molecule has 0 N–H and O–H groups in total. The van der Waals surface area contributed by atoms with Crippen LogP contribution in [0, 0.1) is 0 Å². The van der Waals surface area contributed by atoms with Gasteiger partial charge in [-0.25, -0.2) is 4.98 Å². The number of fused-ring (bicyclic) bond motifs is 1. The highest BCUT2D eigenvalue weighted by atomic mass is 35.5. The minimum absolute atomic E-state index is 0.0582. The average Bonchev–Trinajstić information content (AvgIpc) is 2.94. The van der Waals surface area contributed by atoms with Crippen molar-refractivity contribution in [2.75, 3.05) is 7.05 Å². The minimum atomic E-state index is 0.0582. The zero-order valence-electron chi connectivity index (χ0n) is 13.9. The van der Waals surface area contributed by atoms with Crippen LogP contribution >= 0.6 is 11.6 Å². The second kappa shape index (κ2) is 7.05. The molecule has 1 heterocycles. The third-order valence-corrected chi connectivity index (χ3v) is 4.35. The average molecular weight is 342 g/mol. The smallest absolute Gasteiger partial charge is 0.242 e. The number of likely N-dealkylation sites (N-methyl/N-ethyl adjacent to an activating group) is 1. The van der Waals surface area contributed by atoms with Crippen LogP contribution < -0.4 is 0 Å². The predicted octanol–water partition coefficient (Wildman–Crippen LogP) is 3.91. The van der Waals surface area contributed by atoms with E-state index < -0.39 is 0 Å². The maximum atomic E-state index is 12.6. The van der Waals surface area contributed by atoms with E-state index in [0.717, 1.165) is 28.8 Å². The van der Waals surface area contributed by atoms with Gasteiger partial charge in [-0.1, -0.05) is 42.8 Å². The molecule has 2 aromatic carbocycles. The van der Waals surface area contributed by atoms with Gasteiger partial charge in [0.05, 0.1) is 11.0 Å². The van der Waals surface area contributed by atoms with Gasteiger partial charge in [0.2, 0.25) is 5.91 Å². The summed E-state index contributed by atoms with van der Waals surface area (Å²) < 4.78 is 2.01. The molecule has 24 heavy (non-hydrogen) atoms. The molecule has 1 amide bonds. The van der Waals surface area contributed by atoms with Crippen LogP contribution in [0.15, 0.2) is 48.5 Å². The molecular weight excluding hydrogens is 322 g/mol. The van der Waals surface area contributed by atoms with Crippen molar-refractivity contribution in [3.63, 3.8) is 0 Å². The number of halogens is 1. The van der Waals surface area contributed by atoms with Crippen molar-refractivity contribution in [2.45, 2.75) is 26.4 Å². The Labute approximate surface area is 146 Å². The van der Waals surface area contributed by atoms with Crippen LogP contribution in [0.1, 0.15) is 18.3 Å². The van der Waals surface area contributed by atoms with Gasteiger partial charge in [-0.2, -0.15) is 0 Å². The molecule has 0 saturated heterocycles. The maximum Gasteiger partial charge on any atom is 0.242 e. The normalized spacial score (nSPS) is 11.0. The number of hydrogen-bond acceptors (Lipinski definition) is 2. The zero-order chi connectivity index (χ0) is 17.1. The fraction of sp³-hybridized carbons (Fsp3) is 0.263. The summed E-state index contributed by atoms with van der Waals surface area (Å²) in [4.78, 5) is 19.0. The first-order valence-corrected chi connectivity index (χ1v) is 8.39. The fourth-order valence-electron chi connectivity index (χ4n) is 2.78. The quantitative estimate of drug-likeness (QED) is 0.705. The van der Waals surface area contributed by atoms with Gasteiger partial charge in [0.15, 0.2) is 0 Å². The minimum Gasteiger partial charge on any atom is -0.340 e. The van der Waals surface area contributed by atoms with Gasteiger partial charge in [-0.05, 0) is 29.8 Å². The van der Waals surface area contributed by atoms with Crippen molar-refractivity contribution in [2.24, 2.45) is 0 Å². The first-order valence-electron chi connectivity index (χ1n) is 8.01. The number of benzene rings is 2. The number of amides is 1. The molecule has 0 spiro atoms. The summed E-state index contributed by atoms with van der Waals surface area (Å²) in [7, 11) is 1.82. The van der Waals surface area contributed by atoms with Gasteiger partial charge >= 0.3 is 0 Å². The Morgan fingerprint density at radius 3 is 2.58 bits per heavy atom. The lowest BCUT2D eigenvalue weighted by atomic mass is 10.2. The van der Waals surface area contributed by atoms with Crippen LogP contribution in [0.3, 0.4) is 0 Å². The van der Waals surface area contributed by atoms with Crippen molar-refractivity contribution < 1.29 is 4.79 Å². The van der Waals surface area contributed by atoms with Crippen LogP contribution in [0.2, 0.25) is 5.02 Å². The van der Waals surface area contributed by atoms with Crippen molar-refractivity contribution in [3.8, 4) is 0 Å². The summed E-state index contributed by atoms with van der Waals surface area (Å²) in [5.41, 5.74) is 2.99. The Balaban J connectivity index is 1.77. The van der Waals surface area contributed by atoms with Crippen LogP contribution in [0.25, 0.3) is 11.0 Å². The van der Waals surface area contributed by atoms with Crippen molar-refractivity contribution in [1.29, 1.82) is 0 Å². The fourth-order valence-corrected chi connectivity index (χ4v) is 2.91. The van der Waals surface area contributed by atoms with Gasteiger partial charge in [0.25, 0.3) is 0 Å². The first kappa shape index (κ1) is 16.5. The van der Waals surface area contributed by atoms with E-state index in [0.29, 0.717) is 18.1 Å². The highest BCUT2D eigenvalue weighted by Gasteiger charge is 2.15. The van der Waals surface area contributed by atoms with Gasteiger partial charge in [0, 0.05) is 25.0 Å². The molecule has 0 aliphatic carbocycles. The molecule has 0 unspecified atom stereocenters. The van der Waals surface area contributed by atoms with E-state index in [1.165, 1.54) is 0 Å². The Morgan fingerprint density at radius 1 is 1.17 bits per heavy atom. The van der Waals surface area contributed by atoms with E-state index in [1.807, 2.05) is 60.1 Å². The summed E-state index contributed by atoms with van der Waals surface area (Å²) in [6, 6.07) is 15.5. The van der Waals surface area contributed by atoms with E-state index in [2.05, 4.69) is 11.9 Å². The Hall–Kier alpha value is -2.33. The highest BCUT2D eigenvalue weighted by Crippen LogP contribution is 2.17.